The predicted octanol–water partition coefficient (Wildman–Crippen LogP) is 1.95. The van der Waals surface area contributed by atoms with Crippen molar-refractivity contribution in [3.8, 4) is 11.5 Å². The third-order valence-corrected chi connectivity index (χ3v) is 6.88. The van der Waals surface area contributed by atoms with E-state index < -0.39 is 11.5 Å². The van der Waals surface area contributed by atoms with Crippen LogP contribution in [0.2, 0.25) is 0 Å². The summed E-state index contributed by atoms with van der Waals surface area (Å²) in [6, 6.07) is 4.04. The zero-order valence-corrected chi connectivity index (χ0v) is 16.4. The first-order valence-electron chi connectivity index (χ1n) is 9.77. The molecule has 1 spiro atoms. The van der Waals surface area contributed by atoms with E-state index >= 15 is 0 Å². The summed E-state index contributed by atoms with van der Waals surface area (Å²) in [5, 5.41) is 11.1. The number of benzene rings is 1. The molecule has 0 unspecified atom stereocenters. The molecule has 0 saturated heterocycles. The molecule has 2 bridgehead atoms. The summed E-state index contributed by atoms with van der Waals surface area (Å²) < 4.78 is 17.1. The summed E-state index contributed by atoms with van der Waals surface area (Å²) in [5.74, 6) is 0.931. The van der Waals surface area contributed by atoms with Crippen LogP contribution in [0.25, 0.3) is 0 Å². The number of aliphatic hydroxyl groups excluding tert-OH is 1. The summed E-state index contributed by atoms with van der Waals surface area (Å²) in [7, 11) is 5.03. The van der Waals surface area contributed by atoms with Gasteiger partial charge in [0.05, 0.1) is 31.3 Å². The predicted molar refractivity (Wildman–Crippen MR) is 102 cm³/mol. The van der Waals surface area contributed by atoms with Gasteiger partial charge in [-0.05, 0) is 30.9 Å². The van der Waals surface area contributed by atoms with E-state index in [9.17, 15) is 9.90 Å². The van der Waals surface area contributed by atoms with E-state index in [1.54, 1.807) is 7.11 Å². The van der Waals surface area contributed by atoms with Crippen molar-refractivity contribution < 1.29 is 24.1 Å². The zero-order valence-electron chi connectivity index (χ0n) is 16.4. The van der Waals surface area contributed by atoms with Gasteiger partial charge in [0.15, 0.2) is 11.5 Å². The molecule has 0 aromatic heterocycles. The summed E-state index contributed by atoms with van der Waals surface area (Å²) in [5.41, 5.74) is 3.70. The highest BCUT2D eigenvalue weighted by atomic mass is 16.5. The van der Waals surface area contributed by atoms with Crippen LogP contribution in [0.1, 0.15) is 24.0 Å². The lowest BCUT2D eigenvalue weighted by Crippen LogP contribution is -2.56. The van der Waals surface area contributed by atoms with Gasteiger partial charge in [0.25, 0.3) is 0 Å². The Kier molecular flexibility index (Phi) is 3.78. The number of nitrogens with zero attached hydrogens (tertiary/aromatic N) is 1. The number of rotatable bonds is 2. The van der Waals surface area contributed by atoms with Gasteiger partial charge in [-0.3, -0.25) is 0 Å². The van der Waals surface area contributed by atoms with Crippen molar-refractivity contribution >= 4 is 5.97 Å². The molecule has 2 heterocycles. The van der Waals surface area contributed by atoms with Gasteiger partial charge in [0, 0.05) is 31.3 Å². The molecule has 1 saturated carbocycles. The van der Waals surface area contributed by atoms with E-state index in [1.807, 2.05) is 24.2 Å². The second-order valence-electron chi connectivity index (χ2n) is 8.17. The SMILES string of the molecule is COC(=O)/C1=C/N(C)CC[C@]23C4=CCc5ccc(OC)c(c52)O[C@H]3[C@@H](O)C[C@@H]41. The molecule has 6 heteroatoms. The third kappa shape index (κ3) is 2.09. The molecule has 0 radical (unpaired) electrons. The average molecular weight is 383 g/mol. The van der Waals surface area contributed by atoms with Crippen LogP contribution in [0.3, 0.4) is 0 Å². The second kappa shape index (κ2) is 6.01. The molecule has 4 atom stereocenters. The minimum absolute atomic E-state index is 0.185. The molecule has 1 aromatic rings. The number of carbonyl (C=O) groups excluding carboxylic acids is 1. The number of esters is 1. The fraction of sp³-hybridized carbons (Fsp3) is 0.500. The molecule has 0 amide bonds. The van der Waals surface area contributed by atoms with Gasteiger partial charge < -0.3 is 24.2 Å². The Balaban J connectivity index is 1.77. The highest BCUT2D eigenvalue weighted by Crippen LogP contribution is 2.62. The van der Waals surface area contributed by atoms with Crippen LogP contribution in [0.4, 0.5) is 0 Å². The minimum Gasteiger partial charge on any atom is -0.493 e. The van der Waals surface area contributed by atoms with Crippen LogP contribution >= 0.6 is 0 Å². The van der Waals surface area contributed by atoms with Gasteiger partial charge in [-0.15, -0.1) is 0 Å². The van der Waals surface area contributed by atoms with Crippen molar-refractivity contribution in [2.75, 3.05) is 27.8 Å². The molecule has 28 heavy (non-hydrogen) atoms. The van der Waals surface area contributed by atoms with Crippen LogP contribution in [-0.4, -0.2) is 56.0 Å². The van der Waals surface area contributed by atoms with E-state index in [-0.39, 0.29) is 18.0 Å². The maximum Gasteiger partial charge on any atom is 0.335 e. The van der Waals surface area contributed by atoms with E-state index in [0.29, 0.717) is 17.7 Å². The molecule has 1 aromatic carbocycles. The monoisotopic (exact) mass is 383 g/mol. The molecule has 2 aliphatic heterocycles. The molecular formula is C22H25NO5. The Hall–Kier alpha value is -2.47. The number of carbonyl (C=O) groups is 1. The Bertz CT molecular complexity index is 920. The second-order valence-corrected chi connectivity index (χ2v) is 8.17. The molecule has 148 valence electrons. The Morgan fingerprint density at radius 1 is 1.36 bits per heavy atom. The summed E-state index contributed by atoms with van der Waals surface area (Å²) in [4.78, 5) is 14.7. The van der Waals surface area contributed by atoms with Crippen LogP contribution in [-0.2, 0) is 21.4 Å². The topological polar surface area (TPSA) is 68.2 Å². The standard InChI is InChI=1S/C22H25NO5/c1-23-9-8-22-15-6-4-12-5-7-17(26-2)19(18(12)22)28-20(22)16(24)10-13(15)14(11-23)21(25)27-3/h5-7,11,13,16,20,24H,4,8-10H2,1-3H3/b14-11+/t13-,16+,20+,22+/m1/s1. The number of hydrogen-bond donors (Lipinski definition) is 1. The lowest BCUT2D eigenvalue weighted by atomic mass is 9.55. The smallest absolute Gasteiger partial charge is 0.335 e. The molecule has 1 N–H and O–H groups in total. The van der Waals surface area contributed by atoms with Crippen molar-refractivity contribution in [3.63, 3.8) is 0 Å². The van der Waals surface area contributed by atoms with Crippen LogP contribution in [0.5, 0.6) is 11.5 Å². The van der Waals surface area contributed by atoms with Crippen molar-refractivity contribution in [2.24, 2.45) is 5.92 Å². The summed E-state index contributed by atoms with van der Waals surface area (Å²) in [6.07, 6.45) is 5.13. The molecule has 1 fully saturated rings. The summed E-state index contributed by atoms with van der Waals surface area (Å²) in [6.45, 7) is 0.743. The molecule has 6 nitrogen and oxygen atoms in total. The largest absolute Gasteiger partial charge is 0.493 e. The van der Waals surface area contributed by atoms with Gasteiger partial charge >= 0.3 is 5.97 Å². The first-order chi connectivity index (χ1) is 13.5. The quantitative estimate of drug-likeness (QED) is 0.622. The fourth-order valence-electron chi connectivity index (χ4n) is 5.74. The van der Waals surface area contributed by atoms with E-state index in [4.69, 9.17) is 14.2 Å². The van der Waals surface area contributed by atoms with Gasteiger partial charge in [-0.25, -0.2) is 4.79 Å². The number of allylic oxidation sites excluding steroid dienone is 1. The van der Waals surface area contributed by atoms with Crippen LogP contribution < -0.4 is 9.47 Å². The van der Waals surface area contributed by atoms with Crippen molar-refractivity contribution in [3.05, 3.63) is 46.7 Å². The Morgan fingerprint density at radius 2 is 2.18 bits per heavy atom. The van der Waals surface area contributed by atoms with Gasteiger partial charge in [-0.1, -0.05) is 17.7 Å². The molecule has 4 aliphatic rings. The maximum absolute atomic E-state index is 12.6. The van der Waals surface area contributed by atoms with Crippen molar-refractivity contribution in [2.45, 2.75) is 36.9 Å². The Morgan fingerprint density at radius 3 is 2.93 bits per heavy atom. The first-order valence-corrected chi connectivity index (χ1v) is 9.77. The van der Waals surface area contributed by atoms with Gasteiger partial charge in [0.1, 0.15) is 6.10 Å². The van der Waals surface area contributed by atoms with Crippen LogP contribution in [0.15, 0.2) is 35.6 Å². The lowest BCUT2D eigenvalue weighted by molar-refractivity contribution is -0.137. The van der Waals surface area contributed by atoms with Gasteiger partial charge in [0.2, 0.25) is 0 Å². The van der Waals surface area contributed by atoms with E-state index in [2.05, 4.69) is 12.1 Å². The molecular weight excluding hydrogens is 358 g/mol. The number of ether oxygens (including phenoxy) is 3. The zero-order chi connectivity index (χ0) is 19.6. The third-order valence-electron chi connectivity index (χ3n) is 6.88. The molecule has 2 aliphatic carbocycles. The van der Waals surface area contributed by atoms with Crippen molar-refractivity contribution in [1.29, 1.82) is 0 Å². The maximum atomic E-state index is 12.6. The minimum atomic E-state index is -0.679. The fourth-order valence-corrected chi connectivity index (χ4v) is 5.74. The summed E-state index contributed by atoms with van der Waals surface area (Å²) >= 11 is 0. The Labute approximate surface area is 164 Å². The number of aliphatic hydroxyl groups is 1. The number of methoxy groups -OCH3 is 2. The lowest BCUT2D eigenvalue weighted by Gasteiger charge is -2.50. The average Bonchev–Trinajstić information content (AvgIpc) is 3.06. The van der Waals surface area contributed by atoms with E-state index in [0.717, 1.165) is 30.7 Å². The highest BCUT2D eigenvalue weighted by molar-refractivity contribution is 5.90. The first kappa shape index (κ1) is 17.6. The molecule has 5 rings (SSSR count). The van der Waals surface area contributed by atoms with E-state index in [1.165, 1.54) is 18.2 Å². The number of hydrogen-bond acceptors (Lipinski definition) is 6. The van der Waals surface area contributed by atoms with Crippen molar-refractivity contribution in [1.82, 2.24) is 4.90 Å². The highest BCUT2D eigenvalue weighted by Gasteiger charge is 2.62. The van der Waals surface area contributed by atoms with Gasteiger partial charge in [-0.2, -0.15) is 0 Å². The normalized spacial score (nSPS) is 34.1. The van der Waals surface area contributed by atoms with Crippen LogP contribution in [0, 0.1) is 5.92 Å².